The number of alkyl halides is 2. The topological polar surface area (TPSA) is 95.6 Å². The van der Waals surface area contributed by atoms with Gasteiger partial charge in [0.1, 0.15) is 11.4 Å². The third-order valence-electron chi connectivity index (χ3n) is 7.70. The van der Waals surface area contributed by atoms with E-state index in [0.717, 1.165) is 46.3 Å². The second-order valence-corrected chi connectivity index (χ2v) is 10.0. The van der Waals surface area contributed by atoms with Gasteiger partial charge in [-0.1, -0.05) is 6.07 Å². The van der Waals surface area contributed by atoms with Crippen LogP contribution in [0, 0.1) is 12.3 Å². The molecule has 1 saturated heterocycles. The molecule has 10 heteroatoms. The molecule has 1 aliphatic heterocycles. The molecule has 3 aromatic heterocycles. The summed E-state index contributed by atoms with van der Waals surface area (Å²) in [4.78, 5) is 10.3. The van der Waals surface area contributed by atoms with Crippen LogP contribution >= 0.6 is 0 Å². The average molecular weight is 480 g/mol. The molecular formula is C25H27F2N7O. The van der Waals surface area contributed by atoms with Crippen LogP contribution in [0.2, 0.25) is 0 Å². The molecule has 2 N–H and O–H groups in total. The molecule has 0 bridgehead atoms. The van der Waals surface area contributed by atoms with Crippen molar-refractivity contribution >= 4 is 10.9 Å². The fraction of sp³-hybridized carbons (Fsp3) is 0.440. The molecule has 6 rings (SSSR count). The summed E-state index contributed by atoms with van der Waals surface area (Å²) in [5.41, 5.74) is 4.61. The van der Waals surface area contributed by atoms with E-state index < -0.39 is 5.92 Å². The summed E-state index contributed by atoms with van der Waals surface area (Å²) in [6, 6.07) is 7.97. The molecule has 1 atom stereocenters. The number of likely N-dealkylation sites (tertiary alicyclic amines) is 1. The number of rotatable bonds is 5. The minimum Gasteiger partial charge on any atom is -0.496 e. The Labute approximate surface area is 201 Å². The highest BCUT2D eigenvalue weighted by atomic mass is 19.3. The van der Waals surface area contributed by atoms with Crippen molar-refractivity contribution in [2.24, 2.45) is 5.41 Å². The highest BCUT2D eigenvalue weighted by molar-refractivity contribution is 5.88. The number of aromatic amines is 2. The maximum atomic E-state index is 14.0. The van der Waals surface area contributed by atoms with Crippen LogP contribution < -0.4 is 4.74 Å². The molecular weight excluding hydrogens is 452 g/mol. The van der Waals surface area contributed by atoms with Gasteiger partial charge >= 0.3 is 0 Å². The molecule has 1 saturated carbocycles. The first kappa shape index (κ1) is 22.1. The summed E-state index contributed by atoms with van der Waals surface area (Å²) in [6.07, 6.45) is 5.13. The zero-order valence-electron chi connectivity index (χ0n) is 19.7. The molecule has 35 heavy (non-hydrogen) atoms. The Morgan fingerprint density at radius 3 is 2.77 bits per heavy atom. The molecule has 1 aromatic carbocycles. The first-order valence-electron chi connectivity index (χ1n) is 11.8. The van der Waals surface area contributed by atoms with Crippen LogP contribution in [-0.2, 0) is 6.54 Å². The van der Waals surface area contributed by atoms with E-state index in [0.29, 0.717) is 24.5 Å². The van der Waals surface area contributed by atoms with Gasteiger partial charge in [0, 0.05) is 54.3 Å². The first-order chi connectivity index (χ1) is 16.9. The van der Waals surface area contributed by atoms with E-state index >= 15 is 0 Å². The molecule has 1 spiro atoms. The molecule has 0 amide bonds. The number of fused-ring (bicyclic) bond motifs is 1. The largest absolute Gasteiger partial charge is 0.496 e. The van der Waals surface area contributed by atoms with E-state index in [4.69, 9.17) is 4.74 Å². The number of hydrogen-bond acceptors (Lipinski definition) is 6. The Morgan fingerprint density at radius 1 is 1.23 bits per heavy atom. The number of H-pyrrole nitrogens is 2. The maximum absolute atomic E-state index is 14.0. The summed E-state index contributed by atoms with van der Waals surface area (Å²) >= 11 is 0. The number of ether oxygens (including phenoxy) is 1. The van der Waals surface area contributed by atoms with Gasteiger partial charge in [-0.15, -0.1) is 10.2 Å². The number of piperidine rings is 1. The molecule has 0 radical (unpaired) electrons. The van der Waals surface area contributed by atoms with E-state index in [1.54, 1.807) is 7.11 Å². The van der Waals surface area contributed by atoms with Crippen molar-refractivity contribution in [3.63, 3.8) is 0 Å². The summed E-state index contributed by atoms with van der Waals surface area (Å²) in [6.45, 7) is 3.45. The van der Waals surface area contributed by atoms with Crippen molar-refractivity contribution in [1.29, 1.82) is 0 Å². The third-order valence-corrected chi connectivity index (χ3v) is 7.70. The summed E-state index contributed by atoms with van der Waals surface area (Å²) in [5, 5.41) is 15.1. The van der Waals surface area contributed by atoms with Gasteiger partial charge in [0.2, 0.25) is 11.7 Å². The third kappa shape index (κ3) is 3.85. The Bertz CT molecular complexity index is 1340. The molecule has 8 nitrogen and oxygen atoms in total. The minimum atomic E-state index is -2.55. The number of halogens is 2. The van der Waals surface area contributed by atoms with Gasteiger partial charge in [-0.3, -0.25) is 9.88 Å². The van der Waals surface area contributed by atoms with Crippen molar-refractivity contribution in [2.75, 3.05) is 13.7 Å². The number of nitrogens with zero attached hydrogens (tertiary/aromatic N) is 5. The number of pyridine rings is 1. The highest BCUT2D eigenvalue weighted by Gasteiger charge is 2.58. The van der Waals surface area contributed by atoms with E-state index in [9.17, 15) is 8.78 Å². The van der Waals surface area contributed by atoms with Crippen LogP contribution in [0.5, 0.6) is 5.75 Å². The lowest BCUT2D eigenvalue weighted by Gasteiger charge is -2.54. The minimum absolute atomic E-state index is 0.0331. The lowest BCUT2D eigenvalue weighted by atomic mass is 9.59. The molecule has 0 unspecified atom stereocenters. The van der Waals surface area contributed by atoms with E-state index in [-0.39, 0.29) is 24.3 Å². The van der Waals surface area contributed by atoms with Crippen molar-refractivity contribution in [1.82, 2.24) is 35.5 Å². The van der Waals surface area contributed by atoms with Gasteiger partial charge in [-0.2, -0.15) is 5.21 Å². The van der Waals surface area contributed by atoms with Gasteiger partial charge < -0.3 is 9.72 Å². The SMILES string of the molecule is COc1cc(C)c2[nH]ccc2c1CN1CCC2(C[C@H]1c1ccc(-c3nn[nH]n3)nc1)CC(F)(F)C2. The second-order valence-electron chi connectivity index (χ2n) is 10.0. The molecule has 4 aromatic rings. The molecule has 2 aliphatic rings. The smallest absolute Gasteiger partial charge is 0.249 e. The number of methoxy groups -OCH3 is 1. The Hall–Kier alpha value is -3.40. The van der Waals surface area contributed by atoms with Crippen molar-refractivity contribution in [2.45, 2.75) is 51.1 Å². The van der Waals surface area contributed by atoms with E-state index in [2.05, 4.69) is 54.5 Å². The monoisotopic (exact) mass is 479 g/mol. The zero-order valence-corrected chi connectivity index (χ0v) is 19.7. The fourth-order valence-corrected chi connectivity index (χ4v) is 6.05. The predicted octanol–water partition coefficient (Wildman–Crippen LogP) is 4.81. The van der Waals surface area contributed by atoms with Gasteiger partial charge in [-0.25, -0.2) is 8.78 Å². The normalized spacial score (nSPS) is 21.3. The standard InChI is InChI=1S/C25H27F2N7O/c1-15-9-21(35-2)18(17-5-7-28-22(15)17)12-34-8-6-24(13-25(26,27)14-24)10-20(34)16-3-4-19(29-11-16)23-30-32-33-31-23/h3-5,7,9,11,20,28H,6,8,10,12-14H2,1-2H3,(H,30,31,32,33)/t20-/m0/s1. The summed E-state index contributed by atoms with van der Waals surface area (Å²) in [5.74, 6) is -1.29. The Kier molecular flexibility index (Phi) is 5.10. The number of benzene rings is 1. The first-order valence-corrected chi connectivity index (χ1v) is 11.8. The quantitative estimate of drug-likeness (QED) is 0.426. The van der Waals surface area contributed by atoms with Crippen LogP contribution in [0.1, 0.15) is 48.4 Å². The maximum Gasteiger partial charge on any atom is 0.249 e. The van der Waals surface area contributed by atoms with Crippen molar-refractivity contribution in [3.8, 4) is 17.3 Å². The molecule has 2 fully saturated rings. The van der Waals surface area contributed by atoms with Crippen LogP contribution in [0.15, 0.2) is 36.7 Å². The van der Waals surface area contributed by atoms with E-state index in [1.807, 2.05) is 24.5 Å². The average Bonchev–Trinajstić information content (AvgIpc) is 3.53. The van der Waals surface area contributed by atoms with Crippen molar-refractivity contribution < 1.29 is 13.5 Å². The van der Waals surface area contributed by atoms with Crippen LogP contribution in [0.25, 0.3) is 22.4 Å². The molecule has 4 heterocycles. The fourth-order valence-electron chi connectivity index (χ4n) is 6.05. The zero-order chi connectivity index (χ0) is 24.2. The van der Waals surface area contributed by atoms with E-state index in [1.165, 1.54) is 0 Å². The van der Waals surface area contributed by atoms with Crippen molar-refractivity contribution in [3.05, 3.63) is 53.3 Å². The van der Waals surface area contributed by atoms with Gasteiger partial charge in [0.15, 0.2) is 0 Å². The van der Waals surface area contributed by atoms with Gasteiger partial charge in [0.05, 0.1) is 7.11 Å². The Balaban J connectivity index is 1.35. The number of aromatic nitrogens is 6. The molecule has 1 aliphatic carbocycles. The van der Waals surface area contributed by atoms with Crippen LogP contribution in [0.3, 0.4) is 0 Å². The number of nitrogens with one attached hydrogen (secondary N) is 2. The number of aryl methyl sites for hydroxylation is 1. The second kappa shape index (κ2) is 8.08. The lowest BCUT2D eigenvalue weighted by molar-refractivity contribution is -0.186. The number of tetrazole rings is 1. The molecule has 182 valence electrons. The predicted molar refractivity (Wildman–Crippen MR) is 126 cm³/mol. The van der Waals surface area contributed by atoms with Gasteiger partial charge in [-0.05, 0) is 66.3 Å². The highest BCUT2D eigenvalue weighted by Crippen LogP contribution is 2.60. The summed E-state index contributed by atoms with van der Waals surface area (Å²) in [7, 11) is 1.69. The number of hydrogen-bond donors (Lipinski definition) is 2. The lowest BCUT2D eigenvalue weighted by Crippen LogP contribution is -2.53. The Morgan fingerprint density at radius 2 is 2.09 bits per heavy atom. The van der Waals surface area contributed by atoms with Crippen LogP contribution in [0.4, 0.5) is 8.78 Å². The summed E-state index contributed by atoms with van der Waals surface area (Å²) < 4.78 is 33.7. The van der Waals surface area contributed by atoms with Crippen LogP contribution in [-0.4, -0.2) is 55.1 Å². The van der Waals surface area contributed by atoms with Gasteiger partial charge in [0.25, 0.3) is 0 Å².